The third-order valence-corrected chi connectivity index (χ3v) is 5.59. The Kier molecular flexibility index (Phi) is 6.10. The summed E-state index contributed by atoms with van der Waals surface area (Å²) in [6, 6.07) is 16.2. The number of hydrogen-bond acceptors (Lipinski definition) is 4. The Morgan fingerprint density at radius 3 is 2.41 bits per heavy atom. The van der Waals surface area contributed by atoms with Gasteiger partial charge in [0, 0.05) is 37.4 Å². The van der Waals surface area contributed by atoms with Crippen LogP contribution in [0.5, 0.6) is 0 Å². The van der Waals surface area contributed by atoms with E-state index in [2.05, 4.69) is 39.8 Å². The highest BCUT2D eigenvalue weighted by atomic mass is 16.2. The van der Waals surface area contributed by atoms with Crippen molar-refractivity contribution in [2.24, 2.45) is 0 Å². The maximum atomic E-state index is 12.0. The van der Waals surface area contributed by atoms with Crippen LogP contribution in [-0.4, -0.2) is 36.5 Å². The Hall–Kier alpha value is -2.86. The molecule has 0 aromatic heterocycles. The summed E-state index contributed by atoms with van der Waals surface area (Å²) in [5.41, 5.74) is 4.32. The van der Waals surface area contributed by atoms with Gasteiger partial charge in [-0.1, -0.05) is 36.8 Å². The van der Waals surface area contributed by atoms with E-state index in [-0.39, 0.29) is 11.9 Å². The molecule has 2 saturated heterocycles. The number of nitrogens with one attached hydrogen (secondary N) is 2. The second kappa shape index (κ2) is 9.09. The van der Waals surface area contributed by atoms with Gasteiger partial charge in [-0.05, 0) is 55.3 Å². The number of likely N-dealkylation sites (tertiary alicyclic amines) is 1. The fourth-order valence-corrected chi connectivity index (χ4v) is 3.94. The van der Waals surface area contributed by atoms with Crippen LogP contribution in [0.4, 0.5) is 16.2 Å². The minimum atomic E-state index is -0.359. The molecule has 0 bridgehead atoms. The largest absolute Gasteiger partial charge is 0.381 e. The van der Waals surface area contributed by atoms with E-state index in [0.717, 1.165) is 24.5 Å². The molecule has 3 amide bonds. The highest BCUT2D eigenvalue weighted by molar-refractivity contribution is 6.05. The minimum Gasteiger partial charge on any atom is -0.381 e. The maximum Gasteiger partial charge on any atom is 0.328 e. The monoisotopic (exact) mass is 392 g/mol. The van der Waals surface area contributed by atoms with Crippen molar-refractivity contribution in [3.05, 3.63) is 59.7 Å². The molecule has 0 unspecified atom stereocenters. The van der Waals surface area contributed by atoms with Crippen molar-refractivity contribution in [3.63, 3.8) is 0 Å². The molecular weight excluding hydrogens is 364 g/mol. The molecule has 2 aromatic carbocycles. The molecule has 2 fully saturated rings. The normalized spacial score (nSPS) is 17.9. The Labute approximate surface area is 171 Å². The number of hydrogen-bond donors (Lipinski definition) is 2. The Bertz CT molecular complexity index is 859. The summed E-state index contributed by atoms with van der Waals surface area (Å²) in [6.45, 7) is 4.59. The first-order valence-corrected chi connectivity index (χ1v) is 10.4. The van der Waals surface area contributed by atoms with Gasteiger partial charge in [-0.3, -0.25) is 19.9 Å². The molecule has 0 saturated carbocycles. The Morgan fingerprint density at radius 1 is 0.897 bits per heavy atom. The summed E-state index contributed by atoms with van der Waals surface area (Å²) in [4.78, 5) is 27.5. The van der Waals surface area contributed by atoms with E-state index in [9.17, 15) is 9.59 Å². The van der Waals surface area contributed by atoms with E-state index < -0.39 is 0 Å². The predicted molar refractivity (Wildman–Crippen MR) is 115 cm³/mol. The highest BCUT2D eigenvalue weighted by Crippen LogP contribution is 2.22. The van der Waals surface area contributed by atoms with Gasteiger partial charge in [-0.25, -0.2) is 4.79 Å². The van der Waals surface area contributed by atoms with Crippen LogP contribution in [0.2, 0.25) is 0 Å². The molecular formula is C23H28N4O2. The number of benzene rings is 2. The first-order chi connectivity index (χ1) is 14.2. The number of urea groups is 1. The number of carbonyl (C=O) groups excluding carboxylic acids is 2. The van der Waals surface area contributed by atoms with Crippen molar-refractivity contribution >= 4 is 23.3 Å². The van der Waals surface area contributed by atoms with Gasteiger partial charge in [0.2, 0.25) is 5.91 Å². The van der Waals surface area contributed by atoms with Gasteiger partial charge in [0.15, 0.2) is 0 Å². The maximum absolute atomic E-state index is 12.0. The average Bonchev–Trinajstić information content (AvgIpc) is 2.74. The van der Waals surface area contributed by atoms with Crippen molar-refractivity contribution in [1.29, 1.82) is 0 Å². The zero-order valence-electron chi connectivity index (χ0n) is 16.7. The number of anilines is 2. The first-order valence-electron chi connectivity index (χ1n) is 10.4. The van der Waals surface area contributed by atoms with E-state index in [4.69, 9.17) is 0 Å². The van der Waals surface area contributed by atoms with Crippen LogP contribution >= 0.6 is 0 Å². The smallest absolute Gasteiger partial charge is 0.328 e. The van der Waals surface area contributed by atoms with Gasteiger partial charge in [0.1, 0.15) is 0 Å². The van der Waals surface area contributed by atoms with Gasteiger partial charge in [-0.2, -0.15) is 0 Å². The lowest BCUT2D eigenvalue weighted by Crippen LogP contribution is -2.49. The third kappa shape index (κ3) is 5.15. The minimum absolute atomic E-state index is 0.218. The summed E-state index contributed by atoms with van der Waals surface area (Å²) in [5.74, 6) is -0.218. The molecule has 2 N–H and O–H groups in total. The Morgan fingerprint density at radius 2 is 1.66 bits per heavy atom. The quantitative estimate of drug-likeness (QED) is 0.786. The van der Waals surface area contributed by atoms with E-state index in [1.165, 1.54) is 43.5 Å². The molecule has 152 valence electrons. The number of nitrogens with zero attached hydrogens (tertiary/aromatic N) is 2. The zero-order valence-corrected chi connectivity index (χ0v) is 16.7. The van der Waals surface area contributed by atoms with Crippen molar-refractivity contribution in [2.75, 3.05) is 29.9 Å². The summed E-state index contributed by atoms with van der Waals surface area (Å²) in [6.07, 6.45) is 4.32. The zero-order chi connectivity index (χ0) is 20.1. The highest BCUT2D eigenvalue weighted by Gasteiger charge is 2.24. The van der Waals surface area contributed by atoms with Gasteiger partial charge in [0.05, 0.1) is 0 Å². The van der Waals surface area contributed by atoms with Gasteiger partial charge >= 0.3 is 6.03 Å². The van der Waals surface area contributed by atoms with Crippen LogP contribution in [0.15, 0.2) is 48.5 Å². The van der Waals surface area contributed by atoms with Crippen LogP contribution in [0.1, 0.15) is 36.8 Å². The molecule has 4 rings (SSSR count). The van der Waals surface area contributed by atoms with Gasteiger partial charge in [0.25, 0.3) is 0 Å². The van der Waals surface area contributed by atoms with Crippen molar-refractivity contribution in [2.45, 2.75) is 38.8 Å². The number of carbonyl (C=O) groups is 2. The number of amides is 3. The summed E-state index contributed by atoms with van der Waals surface area (Å²) < 4.78 is 0. The van der Waals surface area contributed by atoms with E-state index in [0.29, 0.717) is 13.0 Å². The molecule has 2 aliphatic rings. The molecule has 0 atom stereocenters. The molecule has 2 aromatic rings. The van der Waals surface area contributed by atoms with Crippen LogP contribution in [0, 0.1) is 0 Å². The molecule has 0 spiro atoms. The van der Waals surface area contributed by atoms with E-state index in [1.54, 1.807) is 4.90 Å². The lowest BCUT2D eigenvalue weighted by atomic mass is 10.1. The SMILES string of the molecule is O=C1CCN(c2cccc(NCc3ccc(CN4CCCCC4)cc3)c2)C(=O)N1. The fraction of sp³-hybridized carbons (Fsp3) is 0.391. The van der Waals surface area contributed by atoms with Crippen LogP contribution in [-0.2, 0) is 17.9 Å². The van der Waals surface area contributed by atoms with Crippen LogP contribution in [0.3, 0.4) is 0 Å². The summed E-state index contributed by atoms with van der Waals surface area (Å²) in [7, 11) is 0. The first kappa shape index (κ1) is 19.5. The average molecular weight is 393 g/mol. The van der Waals surface area contributed by atoms with Crippen molar-refractivity contribution in [1.82, 2.24) is 10.2 Å². The Balaban J connectivity index is 1.33. The molecule has 29 heavy (non-hydrogen) atoms. The van der Waals surface area contributed by atoms with Gasteiger partial charge < -0.3 is 5.32 Å². The molecule has 0 radical (unpaired) electrons. The predicted octanol–water partition coefficient (Wildman–Crippen LogP) is 3.73. The fourth-order valence-electron chi connectivity index (χ4n) is 3.94. The lowest BCUT2D eigenvalue weighted by molar-refractivity contribution is -0.120. The van der Waals surface area contributed by atoms with Gasteiger partial charge in [-0.15, -0.1) is 0 Å². The second-order valence-electron chi connectivity index (χ2n) is 7.81. The van der Waals surface area contributed by atoms with Crippen LogP contribution in [0.25, 0.3) is 0 Å². The number of piperidine rings is 1. The molecule has 6 nitrogen and oxygen atoms in total. The molecule has 2 aliphatic heterocycles. The van der Waals surface area contributed by atoms with E-state index in [1.807, 2.05) is 24.3 Å². The molecule has 6 heteroatoms. The topological polar surface area (TPSA) is 64.7 Å². The second-order valence-corrected chi connectivity index (χ2v) is 7.81. The summed E-state index contributed by atoms with van der Waals surface area (Å²) >= 11 is 0. The van der Waals surface area contributed by atoms with Crippen molar-refractivity contribution in [3.8, 4) is 0 Å². The molecule has 0 aliphatic carbocycles. The van der Waals surface area contributed by atoms with Crippen molar-refractivity contribution < 1.29 is 9.59 Å². The van der Waals surface area contributed by atoms with E-state index >= 15 is 0 Å². The van der Waals surface area contributed by atoms with Crippen LogP contribution < -0.4 is 15.5 Å². The lowest BCUT2D eigenvalue weighted by Gasteiger charge is -2.27. The third-order valence-electron chi connectivity index (χ3n) is 5.59. The summed E-state index contributed by atoms with van der Waals surface area (Å²) in [5, 5.41) is 5.79. The number of imide groups is 1. The standard InChI is InChI=1S/C23H28N4O2/c28-22-11-14-27(23(29)25-22)21-6-4-5-20(15-21)24-16-18-7-9-19(10-8-18)17-26-12-2-1-3-13-26/h4-10,15,24H,1-3,11-14,16-17H2,(H,25,28,29). The number of rotatable bonds is 6. The molecule has 2 heterocycles.